The zero-order valence-corrected chi connectivity index (χ0v) is 14.3. The smallest absolute Gasteiger partial charge is 0.323 e. The van der Waals surface area contributed by atoms with Crippen molar-refractivity contribution in [3.8, 4) is 6.07 Å². The van der Waals surface area contributed by atoms with Crippen LogP contribution in [0.15, 0.2) is 48.5 Å². The van der Waals surface area contributed by atoms with Crippen LogP contribution in [-0.2, 0) is 4.74 Å². The van der Waals surface area contributed by atoms with Crippen LogP contribution in [0, 0.1) is 11.3 Å². The zero-order chi connectivity index (χ0) is 16.8. The number of carbonyl (C=O) groups excluding carboxylic acids is 1. The van der Waals surface area contributed by atoms with Crippen molar-refractivity contribution in [2.24, 2.45) is 0 Å². The normalized spacial score (nSPS) is 16.2. The van der Waals surface area contributed by atoms with E-state index in [9.17, 15) is 4.79 Å². The van der Waals surface area contributed by atoms with Gasteiger partial charge in [-0.25, -0.2) is 4.79 Å². The average Bonchev–Trinajstić information content (AvgIpc) is 2.63. The minimum absolute atomic E-state index is 0. The van der Waals surface area contributed by atoms with E-state index in [1.807, 2.05) is 30.3 Å². The van der Waals surface area contributed by atoms with Crippen molar-refractivity contribution in [3.05, 3.63) is 59.7 Å². The van der Waals surface area contributed by atoms with E-state index in [1.165, 1.54) is 0 Å². The number of nitrogens with one attached hydrogen (secondary N) is 3. The molecule has 0 aromatic heterocycles. The molecule has 3 rings (SSSR count). The monoisotopic (exact) mass is 358 g/mol. The summed E-state index contributed by atoms with van der Waals surface area (Å²) in [7, 11) is 0. The summed E-state index contributed by atoms with van der Waals surface area (Å²) in [6.07, 6.45) is 0.0512. The number of nitriles is 1. The fourth-order valence-corrected chi connectivity index (χ4v) is 2.52. The highest BCUT2D eigenvalue weighted by Gasteiger charge is 2.15. The summed E-state index contributed by atoms with van der Waals surface area (Å²) in [4.78, 5) is 12.0. The SMILES string of the molecule is Cl.N#Cc1cccc(NC(=O)Nc2ccc(C3CNCCO3)cc2)c1. The summed E-state index contributed by atoms with van der Waals surface area (Å²) in [6, 6.07) is 16.0. The molecule has 6 nitrogen and oxygen atoms in total. The molecule has 2 amide bonds. The van der Waals surface area contributed by atoms with Crippen molar-refractivity contribution in [2.75, 3.05) is 30.3 Å². The van der Waals surface area contributed by atoms with Crippen molar-refractivity contribution in [3.63, 3.8) is 0 Å². The molecule has 1 fully saturated rings. The second kappa shape index (κ2) is 9.04. The van der Waals surface area contributed by atoms with Crippen LogP contribution in [0.3, 0.4) is 0 Å². The lowest BCUT2D eigenvalue weighted by atomic mass is 10.1. The van der Waals surface area contributed by atoms with Crippen LogP contribution in [0.25, 0.3) is 0 Å². The van der Waals surface area contributed by atoms with Crippen LogP contribution in [0.5, 0.6) is 0 Å². The molecule has 7 heteroatoms. The Balaban J connectivity index is 0.00000225. The van der Waals surface area contributed by atoms with Gasteiger partial charge in [0, 0.05) is 24.5 Å². The van der Waals surface area contributed by atoms with Gasteiger partial charge in [0.25, 0.3) is 0 Å². The lowest BCUT2D eigenvalue weighted by Crippen LogP contribution is -2.33. The highest BCUT2D eigenvalue weighted by Crippen LogP contribution is 2.21. The Kier molecular flexibility index (Phi) is 6.78. The highest BCUT2D eigenvalue weighted by atomic mass is 35.5. The molecule has 0 radical (unpaired) electrons. The summed E-state index contributed by atoms with van der Waals surface area (Å²) < 4.78 is 5.70. The molecule has 1 aliphatic rings. The zero-order valence-electron chi connectivity index (χ0n) is 13.5. The summed E-state index contributed by atoms with van der Waals surface area (Å²) in [5, 5.41) is 17.6. The van der Waals surface area contributed by atoms with Gasteiger partial charge in [-0.05, 0) is 35.9 Å². The van der Waals surface area contributed by atoms with Crippen LogP contribution in [0.4, 0.5) is 16.2 Å². The molecule has 2 aromatic carbocycles. The lowest BCUT2D eigenvalue weighted by molar-refractivity contribution is 0.0277. The first kappa shape index (κ1) is 18.7. The number of ether oxygens (including phenoxy) is 1. The van der Waals surface area contributed by atoms with E-state index in [0.717, 1.165) is 18.7 Å². The van der Waals surface area contributed by atoms with Gasteiger partial charge in [-0.2, -0.15) is 5.26 Å². The van der Waals surface area contributed by atoms with Gasteiger partial charge >= 0.3 is 6.03 Å². The van der Waals surface area contributed by atoms with Gasteiger partial charge in [-0.15, -0.1) is 12.4 Å². The summed E-state index contributed by atoms with van der Waals surface area (Å²) in [5.74, 6) is 0. The maximum atomic E-state index is 12.0. The van der Waals surface area contributed by atoms with Crippen LogP contribution in [-0.4, -0.2) is 25.7 Å². The molecule has 1 saturated heterocycles. The molecule has 2 aromatic rings. The van der Waals surface area contributed by atoms with E-state index < -0.39 is 0 Å². The summed E-state index contributed by atoms with van der Waals surface area (Å²) in [6.45, 7) is 2.38. The third kappa shape index (κ3) is 5.19. The predicted octanol–water partition coefficient (Wildman–Crippen LogP) is 3.28. The Hall–Kier alpha value is -2.59. The van der Waals surface area contributed by atoms with Gasteiger partial charge in [0.1, 0.15) is 0 Å². The Bertz CT molecular complexity index is 752. The number of morpholine rings is 1. The first-order valence-corrected chi connectivity index (χ1v) is 7.75. The minimum Gasteiger partial charge on any atom is -0.371 e. The highest BCUT2D eigenvalue weighted by molar-refractivity contribution is 5.99. The molecule has 1 aliphatic heterocycles. The topological polar surface area (TPSA) is 86.2 Å². The number of rotatable bonds is 3. The number of nitrogens with zero attached hydrogens (tertiary/aromatic N) is 1. The first-order valence-electron chi connectivity index (χ1n) is 7.75. The Morgan fingerprint density at radius 2 is 1.92 bits per heavy atom. The van der Waals surface area contributed by atoms with Crippen molar-refractivity contribution in [1.82, 2.24) is 5.32 Å². The average molecular weight is 359 g/mol. The Labute approximate surface area is 152 Å². The van der Waals surface area contributed by atoms with E-state index in [4.69, 9.17) is 10.00 Å². The number of halogens is 1. The van der Waals surface area contributed by atoms with Gasteiger partial charge in [-0.3, -0.25) is 0 Å². The molecule has 3 N–H and O–H groups in total. The predicted molar refractivity (Wildman–Crippen MR) is 99.1 cm³/mol. The molecule has 0 bridgehead atoms. The second-order valence-electron chi connectivity index (χ2n) is 5.46. The molecule has 1 atom stereocenters. The Morgan fingerprint density at radius 3 is 2.60 bits per heavy atom. The molecule has 0 spiro atoms. The van der Waals surface area contributed by atoms with Gasteiger partial charge in [-0.1, -0.05) is 18.2 Å². The fraction of sp³-hybridized carbons (Fsp3) is 0.222. The largest absolute Gasteiger partial charge is 0.371 e. The van der Waals surface area contributed by atoms with E-state index in [1.54, 1.807) is 24.3 Å². The number of hydrogen-bond donors (Lipinski definition) is 3. The van der Waals surface area contributed by atoms with E-state index in [0.29, 0.717) is 23.5 Å². The molecule has 130 valence electrons. The minimum atomic E-state index is -0.353. The number of amides is 2. The number of benzene rings is 2. The van der Waals surface area contributed by atoms with Crippen LogP contribution in [0.2, 0.25) is 0 Å². The quantitative estimate of drug-likeness (QED) is 0.785. The maximum absolute atomic E-state index is 12.0. The standard InChI is InChI=1S/C18H18N4O2.ClH/c19-11-13-2-1-3-16(10-13)22-18(23)21-15-6-4-14(5-7-15)17-12-20-8-9-24-17;/h1-7,10,17,20H,8-9,12H2,(H2,21,22,23);1H. The lowest BCUT2D eigenvalue weighted by Gasteiger charge is -2.24. The third-order valence-electron chi connectivity index (χ3n) is 3.72. The van der Waals surface area contributed by atoms with E-state index in [2.05, 4.69) is 16.0 Å². The molecule has 0 aliphatic carbocycles. The van der Waals surface area contributed by atoms with Crippen LogP contribution in [0.1, 0.15) is 17.2 Å². The molecular weight excluding hydrogens is 340 g/mol. The summed E-state index contributed by atoms with van der Waals surface area (Å²) in [5.41, 5.74) is 2.84. The summed E-state index contributed by atoms with van der Waals surface area (Å²) >= 11 is 0. The maximum Gasteiger partial charge on any atom is 0.323 e. The van der Waals surface area contributed by atoms with Gasteiger partial charge in [0.05, 0.1) is 24.3 Å². The molecule has 1 unspecified atom stereocenters. The molecular formula is C18H19ClN4O2. The van der Waals surface area contributed by atoms with Crippen molar-refractivity contribution in [1.29, 1.82) is 5.26 Å². The molecule has 1 heterocycles. The van der Waals surface area contributed by atoms with Gasteiger partial charge in [0.15, 0.2) is 0 Å². The number of carbonyl (C=O) groups is 1. The van der Waals surface area contributed by atoms with Gasteiger partial charge < -0.3 is 20.7 Å². The first-order chi connectivity index (χ1) is 11.7. The fourth-order valence-electron chi connectivity index (χ4n) is 2.52. The van der Waals surface area contributed by atoms with Gasteiger partial charge in [0.2, 0.25) is 0 Å². The molecule has 25 heavy (non-hydrogen) atoms. The number of hydrogen-bond acceptors (Lipinski definition) is 4. The number of urea groups is 1. The van der Waals surface area contributed by atoms with E-state index in [-0.39, 0.29) is 24.5 Å². The van der Waals surface area contributed by atoms with Crippen molar-refractivity contribution in [2.45, 2.75) is 6.10 Å². The van der Waals surface area contributed by atoms with Crippen LogP contribution < -0.4 is 16.0 Å². The second-order valence-corrected chi connectivity index (χ2v) is 5.46. The van der Waals surface area contributed by atoms with Crippen molar-refractivity contribution >= 4 is 29.8 Å². The number of anilines is 2. The van der Waals surface area contributed by atoms with E-state index >= 15 is 0 Å². The van der Waals surface area contributed by atoms with Crippen molar-refractivity contribution < 1.29 is 9.53 Å². The van der Waals surface area contributed by atoms with Crippen LogP contribution >= 0.6 is 12.4 Å². The third-order valence-corrected chi connectivity index (χ3v) is 3.72. The molecule has 0 saturated carbocycles. The Morgan fingerprint density at radius 1 is 1.16 bits per heavy atom.